The molecule has 1 aliphatic rings. The van der Waals surface area contributed by atoms with Crippen LogP contribution in [0.1, 0.15) is 31.7 Å². The van der Waals surface area contributed by atoms with Gasteiger partial charge >= 0.3 is 6.03 Å². The molecule has 0 bridgehead atoms. The number of hydrogen-bond donors (Lipinski definition) is 1. The molecule has 2 rings (SSSR count). The van der Waals surface area contributed by atoms with Crippen molar-refractivity contribution in [1.29, 1.82) is 0 Å². The van der Waals surface area contributed by atoms with Crippen LogP contribution < -0.4 is 5.32 Å². The molecule has 1 fully saturated rings. The van der Waals surface area contributed by atoms with Gasteiger partial charge in [0.15, 0.2) is 0 Å². The molecule has 6 nitrogen and oxygen atoms in total. The molecule has 0 unspecified atom stereocenters. The maximum atomic E-state index is 12.4. The van der Waals surface area contributed by atoms with Gasteiger partial charge < -0.3 is 10.2 Å². The first-order chi connectivity index (χ1) is 11.1. The van der Waals surface area contributed by atoms with Crippen LogP contribution in [0, 0.1) is 0 Å². The van der Waals surface area contributed by atoms with Crippen LogP contribution in [0.2, 0.25) is 0 Å². The Morgan fingerprint density at radius 2 is 2.00 bits per heavy atom. The molecule has 0 aromatic heterocycles. The predicted molar refractivity (Wildman–Crippen MR) is 86.5 cm³/mol. The summed E-state index contributed by atoms with van der Waals surface area (Å²) in [6.45, 7) is 3.69. The smallest absolute Gasteiger partial charge is 0.324 e. The Bertz CT molecular complexity index is 543. The summed E-state index contributed by atoms with van der Waals surface area (Å²) in [5, 5.41) is 2.48. The molecule has 1 aromatic rings. The van der Waals surface area contributed by atoms with Gasteiger partial charge in [-0.15, -0.1) is 0 Å². The lowest BCUT2D eigenvalue weighted by Crippen LogP contribution is -2.34. The minimum atomic E-state index is -0.364. The summed E-state index contributed by atoms with van der Waals surface area (Å²) >= 11 is 0. The highest BCUT2D eigenvalue weighted by Gasteiger charge is 2.28. The van der Waals surface area contributed by atoms with E-state index in [1.165, 1.54) is 4.90 Å². The van der Waals surface area contributed by atoms with Crippen LogP contribution >= 0.6 is 0 Å². The van der Waals surface area contributed by atoms with Crippen molar-refractivity contribution in [1.82, 2.24) is 15.1 Å². The topological polar surface area (TPSA) is 69.7 Å². The molecule has 4 amide bonds. The van der Waals surface area contributed by atoms with Crippen LogP contribution in [0.15, 0.2) is 30.3 Å². The molecule has 0 atom stereocenters. The molecule has 1 aromatic carbocycles. The van der Waals surface area contributed by atoms with E-state index in [0.717, 1.165) is 12.0 Å². The molecule has 0 radical (unpaired) electrons. The van der Waals surface area contributed by atoms with Crippen molar-refractivity contribution in [3.63, 3.8) is 0 Å². The molecule has 1 heterocycles. The second-order valence-electron chi connectivity index (χ2n) is 5.61. The van der Waals surface area contributed by atoms with Crippen LogP contribution in [-0.4, -0.2) is 47.3 Å². The SMILES string of the molecule is CCCN(Cc1ccccc1)C(=O)CCCN1C(=O)CNC1=O. The van der Waals surface area contributed by atoms with Gasteiger partial charge in [-0.05, 0) is 18.4 Å². The van der Waals surface area contributed by atoms with Crippen molar-refractivity contribution in [2.24, 2.45) is 0 Å². The third kappa shape index (κ3) is 4.81. The average Bonchev–Trinajstić information content (AvgIpc) is 2.87. The number of carbonyl (C=O) groups is 3. The van der Waals surface area contributed by atoms with Crippen molar-refractivity contribution >= 4 is 17.8 Å². The van der Waals surface area contributed by atoms with E-state index in [1.54, 1.807) is 0 Å². The molecular formula is C17H23N3O3. The van der Waals surface area contributed by atoms with Gasteiger partial charge in [-0.2, -0.15) is 0 Å². The van der Waals surface area contributed by atoms with Crippen molar-refractivity contribution < 1.29 is 14.4 Å². The summed E-state index contributed by atoms with van der Waals surface area (Å²) in [6.07, 6.45) is 1.72. The molecule has 23 heavy (non-hydrogen) atoms. The van der Waals surface area contributed by atoms with Gasteiger partial charge in [0.1, 0.15) is 0 Å². The summed E-state index contributed by atoms with van der Waals surface area (Å²) in [5.74, 6) is -0.167. The summed E-state index contributed by atoms with van der Waals surface area (Å²) in [5.41, 5.74) is 1.10. The van der Waals surface area contributed by atoms with Gasteiger partial charge in [0.25, 0.3) is 0 Å². The molecule has 0 saturated carbocycles. The van der Waals surface area contributed by atoms with E-state index in [2.05, 4.69) is 5.32 Å². The Kier molecular flexibility index (Phi) is 6.14. The van der Waals surface area contributed by atoms with Crippen molar-refractivity contribution in [2.75, 3.05) is 19.6 Å². The number of nitrogens with one attached hydrogen (secondary N) is 1. The lowest BCUT2D eigenvalue weighted by atomic mass is 10.2. The van der Waals surface area contributed by atoms with Gasteiger partial charge in [-0.1, -0.05) is 37.3 Å². The van der Waals surface area contributed by atoms with E-state index in [-0.39, 0.29) is 24.4 Å². The third-order valence-electron chi connectivity index (χ3n) is 3.77. The standard InChI is InChI=1S/C17H23N3O3/c1-2-10-19(13-14-7-4-3-5-8-14)15(21)9-6-11-20-16(22)12-18-17(20)23/h3-5,7-8H,2,6,9-13H2,1H3,(H,18,23). The minimum Gasteiger partial charge on any atom is -0.338 e. The highest BCUT2D eigenvalue weighted by Crippen LogP contribution is 2.09. The number of hydrogen-bond acceptors (Lipinski definition) is 3. The largest absolute Gasteiger partial charge is 0.338 e. The number of carbonyl (C=O) groups excluding carboxylic acids is 3. The highest BCUT2D eigenvalue weighted by molar-refractivity contribution is 6.01. The number of amides is 4. The monoisotopic (exact) mass is 317 g/mol. The van der Waals surface area contributed by atoms with E-state index in [0.29, 0.717) is 32.5 Å². The first kappa shape index (κ1) is 17.0. The molecular weight excluding hydrogens is 294 g/mol. The van der Waals surface area contributed by atoms with E-state index >= 15 is 0 Å². The maximum Gasteiger partial charge on any atom is 0.324 e. The quantitative estimate of drug-likeness (QED) is 0.743. The molecule has 0 aliphatic carbocycles. The average molecular weight is 317 g/mol. The number of nitrogens with zero attached hydrogens (tertiary/aromatic N) is 2. The van der Waals surface area contributed by atoms with Gasteiger partial charge in [-0.3, -0.25) is 14.5 Å². The van der Waals surface area contributed by atoms with Gasteiger partial charge in [-0.25, -0.2) is 4.79 Å². The fourth-order valence-corrected chi connectivity index (χ4v) is 2.59. The second kappa shape index (κ2) is 8.31. The third-order valence-corrected chi connectivity index (χ3v) is 3.77. The molecule has 6 heteroatoms. The maximum absolute atomic E-state index is 12.4. The van der Waals surface area contributed by atoms with Crippen molar-refractivity contribution in [3.05, 3.63) is 35.9 Å². The van der Waals surface area contributed by atoms with Gasteiger partial charge in [0.2, 0.25) is 11.8 Å². The number of imide groups is 1. The highest BCUT2D eigenvalue weighted by atomic mass is 16.2. The molecule has 1 N–H and O–H groups in total. The first-order valence-corrected chi connectivity index (χ1v) is 8.01. The summed E-state index contributed by atoms with van der Waals surface area (Å²) in [6, 6.07) is 9.51. The van der Waals surface area contributed by atoms with Crippen molar-refractivity contribution in [2.45, 2.75) is 32.7 Å². The van der Waals surface area contributed by atoms with Crippen LogP contribution in [0.3, 0.4) is 0 Å². The Morgan fingerprint density at radius 1 is 1.26 bits per heavy atom. The van der Waals surface area contributed by atoms with E-state index in [9.17, 15) is 14.4 Å². The number of benzene rings is 1. The molecule has 124 valence electrons. The van der Waals surface area contributed by atoms with Crippen LogP contribution in [0.4, 0.5) is 4.79 Å². The summed E-state index contributed by atoms with van der Waals surface area (Å²) in [7, 11) is 0. The van der Waals surface area contributed by atoms with Crippen LogP contribution in [-0.2, 0) is 16.1 Å². The predicted octanol–water partition coefficient (Wildman–Crippen LogP) is 1.76. The lowest BCUT2D eigenvalue weighted by molar-refractivity contribution is -0.132. The van der Waals surface area contributed by atoms with Crippen LogP contribution in [0.25, 0.3) is 0 Å². The molecule has 0 spiro atoms. The van der Waals surface area contributed by atoms with Gasteiger partial charge in [0.05, 0.1) is 6.54 Å². The Morgan fingerprint density at radius 3 is 2.61 bits per heavy atom. The van der Waals surface area contributed by atoms with Crippen molar-refractivity contribution in [3.8, 4) is 0 Å². The Hall–Kier alpha value is -2.37. The number of rotatable bonds is 8. The summed E-state index contributed by atoms with van der Waals surface area (Å²) < 4.78 is 0. The first-order valence-electron chi connectivity index (χ1n) is 8.01. The zero-order valence-corrected chi connectivity index (χ0v) is 13.5. The van der Waals surface area contributed by atoms with Crippen LogP contribution in [0.5, 0.6) is 0 Å². The molecule has 1 aliphatic heterocycles. The van der Waals surface area contributed by atoms with E-state index in [1.807, 2.05) is 42.2 Å². The lowest BCUT2D eigenvalue weighted by Gasteiger charge is -2.23. The zero-order valence-electron chi connectivity index (χ0n) is 13.5. The van der Waals surface area contributed by atoms with Gasteiger partial charge in [0, 0.05) is 26.1 Å². The fourth-order valence-electron chi connectivity index (χ4n) is 2.59. The zero-order chi connectivity index (χ0) is 16.7. The second-order valence-corrected chi connectivity index (χ2v) is 5.61. The minimum absolute atomic E-state index is 0.0581. The Balaban J connectivity index is 1.83. The normalized spacial score (nSPS) is 14.0. The fraction of sp³-hybridized carbons (Fsp3) is 0.471. The molecule has 1 saturated heterocycles. The number of urea groups is 1. The Labute approximate surface area is 136 Å². The summed E-state index contributed by atoms with van der Waals surface area (Å²) in [4.78, 5) is 38.3. The van der Waals surface area contributed by atoms with E-state index < -0.39 is 0 Å². The van der Waals surface area contributed by atoms with E-state index in [4.69, 9.17) is 0 Å².